The Hall–Kier alpha value is -1.22. The molecule has 0 saturated heterocycles. The molecule has 2 N–H and O–H groups in total. The lowest BCUT2D eigenvalue weighted by Crippen LogP contribution is -2.35. The summed E-state index contributed by atoms with van der Waals surface area (Å²) in [4.78, 5) is 0. The fourth-order valence-electron chi connectivity index (χ4n) is 1.89. The van der Waals surface area contributed by atoms with Crippen molar-refractivity contribution in [2.75, 3.05) is 11.9 Å². The van der Waals surface area contributed by atoms with E-state index in [-0.39, 0.29) is 6.61 Å². The van der Waals surface area contributed by atoms with Crippen molar-refractivity contribution in [1.29, 1.82) is 0 Å². The van der Waals surface area contributed by atoms with Gasteiger partial charge in [-0.3, -0.25) is 0 Å². The zero-order chi connectivity index (χ0) is 13.9. The van der Waals surface area contributed by atoms with Gasteiger partial charge in [0, 0.05) is 5.02 Å². The maximum Gasteiger partial charge on any atom is 0.0829 e. The minimum Gasteiger partial charge on any atom is -0.394 e. The number of hydrogen-bond donors (Lipinski definition) is 2. The Morgan fingerprint density at radius 2 is 1.84 bits per heavy atom. The first kappa shape index (κ1) is 14.2. The van der Waals surface area contributed by atoms with Crippen molar-refractivity contribution in [1.82, 2.24) is 0 Å². The predicted molar refractivity (Wildman–Crippen MR) is 81.0 cm³/mol. The third-order valence-corrected chi connectivity index (χ3v) is 3.63. The van der Waals surface area contributed by atoms with Crippen molar-refractivity contribution in [3.05, 3.63) is 64.1 Å². The number of para-hydroxylation sites is 1. The van der Waals surface area contributed by atoms with Gasteiger partial charge in [0.1, 0.15) is 0 Å². The van der Waals surface area contributed by atoms with Crippen LogP contribution < -0.4 is 5.32 Å². The number of rotatable bonds is 4. The summed E-state index contributed by atoms with van der Waals surface area (Å²) in [7, 11) is 0. The van der Waals surface area contributed by atoms with Gasteiger partial charge in [0.25, 0.3) is 0 Å². The Bertz CT molecular complexity index is 574. The normalized spacial score (nSPS) is 13.9. The molecule has 0 heterocycles. The van der Waals surface area contributed by atoms with Crippen LogP contribution in [0.25, 0.3) is 0 Å². The molecule has 0 bridgehead atoms. The molecule has 4 heteroatoms. The first-order valence-corrected chi connectivity index (χ1v) is 6.70. The SMILES string of the molecule is CC(CO)(Nc1ccccc1Cl)c1cccc(Cl)c1. The van der Waals surface area contributed by atoms with Crippen molar-refractivity contribution in [2.45, 2.75) is 12.5 Å². The van der Waals surface area contributed by atoms with Crippen molar-refractivity contribution in [3.8, 4) is 0 Å². The van der Waals surface area contributed by atoms with Gasteiger partial charge in [-0.2, -0.15) is 0 Å². The minimum absolute atomic E-state index is 0.0709. The molecule has 0 fully saturated rings. The van der Waals surface area contributed by atoms with Crippen LogP contribution in [0.15, 0.2) is 48.5 Å². The second-order valence-electron chi connectivity index (χ2n) is 4.61. The van der Waals surface area contributed by atoms with Crippen LogP contribution in [0.2, 0.25) is 10.0 Å². The monoisotopic (exact) mass is 295 g/mol. The van der Waals surface area contributed by atoms with Gasteiger partial charge in [0.05, 0.1) is 22.9 Å². The Kier molecular flexibility index (Phi) is 4.35. The molecule has 0 radical (unpaired) electrons. The van der Waals surface area contributed by atoms with Crippen LogP contribution in [0.3, 0.4) is 0 Å². The number of benzene rings is 2. The summed E-state index contributed by atoms with van der Waals surface area (Å²) in [5.41, 5.74) is 1.04. The van der Waals surface area contributed by atoms with Crippen LogP contribution in [-0.4, -0.2) is 11.7 Å². The average molecular weight is 296 g/mol. The topological polar surface area (TPSA) is 32.3 Å². The lowest BCUT2D eigenvalue weighted by atomic mass is 9.92. The van der Waals surface area contributed by atoms with Gasteiger partial charge >= 0.3 is 0 Å². The first-order valence-electron chi connectivity index (χ1n) is 5.95. The van der Waals surface area contributed by atoms with Crippen molar-refractivity contribution in [3.63, 3.8) is 0 Å². The molecule has 0 amide bonds. The Morgan fingerprint density at radius 1 is 1.11 bits per heavy atom. The molecular weight excluding hydrogens is 281 g/mol. The van der Waals surface area contributed by atoms with Gasteiger partial charge in [-0.05, 0) is 36.8 Å². The minimum atomic E-state index is -0.643. The molecule has 0 aliphatic carbocycles. The van der Waals surface area contributed by atoms with E-state index in [0.29, 0.717) is 10.0 Å². The van der Waals surface area contributed by atoms with Crippen molar-refractivity contribution >= 4 is 28.9 Å². The molecule has 1 atom stereocenters. The number of aliphatic hydroxyl groups is 1. The van der Waals surface area contributed by atoms with E-state index >= 15 is 0 Å². The summed E-state index contributed by atoms with van der Waals surface area (Å²) >= 11 is 12.1. The second-order valence-corrected chi connectivity index (χ2v) is 5.45. The standard InChI is InChI=1S/C15H15Cl2NO/c1-15(10-19,11-5-4-6-12(16)9-11)18-14-8-3-2-7-13(14)17/h2-9,18-19H,10H2,1H3. The molecule has 100 valence electrons. The fraction of sp³-hybridized carbons (Fsp3) is 0.200. The molecule has 0 aliphatic rings. The van der Waals surface area contributed by atoms with Gasteiger partial charge in [-0.15, -0.1) is 0 Å². The van der Waals surface area contributed by atoms with Gasteiger partial charge in [0.2, 0.25) is 0 Å². The first-order chi connectivity index (χ1) is 9.05. The summed E-state index contributed by atoms with van der Waals surface area (Å²) < 4.78 is 0. The second kappa shape index (κ2) is 5.83. The molecule has 0 aliphatic heterocycles. The molecule has 2 aromatic carbocycles. The maximum absolute atomic E-state index is 9.73. The van der Waals surface area contributed by atoms with Gasteiger partial charge in [0.15, 0.2) is 0 Å². The molecule has 2 rings (SSSR count). The number of nitrogens with one attached hydrogen (secondary N) is 1. The van der Waals surface area contributed by atoms with E-state index in [4.69, 9.17) is 23.2 Å². The Balaban J connectivity index is 2.36. The lowest BCUT2D eigenvalue weighted by molar-refractivity contribution is 0.224. The van der Waals surface area contributed by atoms with E-state index in [1.807, 2.05) is 43.3 Å². The van der Waals surface area contributed by atoms with Gasteiger partial charge in [-0.1, -0.05) is 47.5 Å². The molecule has 2 aromatic rings. The zero-order valence-corrected chi connectivity index (χ0v) is 12.0. The van der Waals surface area contributed by atoms with Gasteiger partial charge < -0.3 is 10.4 Å². The third-order valence-electron chi connectivity index (χ3n) is 3.06. The summed E-state index contributed by atoms with van der Waals surface area (Å²) in [5.74, 6) is 0. The number of anilines is 1. The van der Waals surface area contributed by atoms with Crippen LogP contribution in [0, 0.1) is 0 Å². The maximum atomic E-state index is 9.73. The largest absolute Gasteiger partial charge is 0.394 e. The van der Waals surface area contributed by atoms with E-state index in [1.54, 1.807) is 12.1 Å². The Morgan fingerprint density at radius 3 is 2.47 bits per heavy atom. The molecule has 0 aromatic heterocycles. The van der Waals surface area contributed by atoms with Crippen molar-refractivity contribution < 1.29 is 5.11 Å². The number of hydrogen-bond acceptors (Lipinski definition) is 2. The van der Waals surface area contributed by atoms with Crippen LogP contribution in [0.1, 0.15) is 12.5 Å². The number of halogens is 2. The fourth-order valence-corrected chi connectivity index (χ4v) is 2.27. The molecule has 19 heavy (non-hydrogen) atoms. The van der Waals surface area contributed by atoms with Gasteiger partial charge in [-0.25, -0.2) is 0 Å². The zero-order valence-electron chi connectivity index (χ0n) is 10.5. The lowest BCUT2D eigenvalue weighted by Gasteiger charge is -2.31. The molecule has 2 nitrogen and oxygen atoms in total. The smallest absolute Gasteiger partial charge is 0.0829 e. The average Bonchev–Trinajstić information content (AvgIpc) is 2.41. The van der Waals surface area contributed by atoms with Crippen LogP contribution in [0.5, 0.6) is 0 Å². The summed E-state index contributed by atoms with van der Waals surface area (Å²) in [5, 5.41) is 14.3. The molecule has 0 saturated carbocycles. The highest BCUT2D eigenvalue weighted by molar-refractivity contribution is 6.33. The predicted octanol–water partition coefficient (Wildman–Crippen LogP) is 4.31. The van der Waals surface area contributed by atoms with Crippen molar-refractivity contribution in [2.24, 2.45) is 0 Å². The highest BCUT2D eigenvalue weighted by Gasteiger charge is 2.26. The summed E-state index contributed by atoms with van der Waals surface area (Å²) in [6.45, 7) is 1.83. The molecule has 1 unspecified atom stereocenters. The molecular formula is C15H15Cl2NO. The quantitative estimate of drug-likeness (QED) is 0.881. The highest BCUT2D eigenvalue weighted by Crippen LogP contribution is 2.30. The Labute approximate surface area is 123 Å². The van der Waals surface area contributed by atoms with Crippen LogP contribution in [0.4, 0.5) is 5.69 Å². The van der Waals surface area contributed by atoms with E-state index in [9.17, 15) is 5.11 Å². The molecule has 0 spiro atoms. The summed E-state index contributed by atoms with van der Waals surface area (Å²) in [6, 6.07) is 14.9. The van der Waals surface area contributed by atoms with E-state index in [1.165, 1.54) is 0 Å². The van der Waals surface area contributed by atoms with Crippen LogP contribution >= 0.6 is 23.2 Å². The highest BCUT2D eigenvalue weighted by atomic mass is 35.5. The number of aliphatic hydroxyl groups excluding tert-OH is 1. The summed E-state index contributed by atoms with van der Waals surface area (Å²) in [6.07, 6.45) is 0. The van der Waals surface area contributed by atoms with Crippen LogP contribution in [-0.2, 0) is 5.54 Å². The van der Waals surface area contributed by atoms with E-state index in [2.05, 4.69) is 5.32 Å². The third kappa shape index (κ3) is 3.21. The van der Waals surface area contributed by atoms with E-state index < -0.39 is 5.54 Å². The van der Waals surface area contributed by atoms with E-state index in [0.717, 1.165) is 11.3 Å².